The highest BCUT2D eigenvalue weighted by Crippen LogP contribution is 2.07. The van der Waals surface area contributed by atoms with Gasteiger partial charge in [0.1, 0.15) is 6.04 Å². The number of likely N-dealkylation sites (N-methyl/N-ethyl adjacent to an activating group) is 1. The standard InChI is InChI=1S/C14H19NO2/c1-15(2)13(14(16)17-3)11-7-10-12-8-5-4-6-9-12/h4-10,13H,11H2,1-3H3/b10-7+. The third-order valence-electron chi connectivity index (χ3n) is 2.57. The molecule has 92 valence electrons. The van der Waals surface area contributed by atoms with Gasteiger partial charge in [0, 0.05) is 0 Å². The molecule has 1 unspecified atom stereocenters. The molecule has 1 atom stereocenters. The van der Waals surface area contributed by atoms with Crippen LogP contribution < -0.4 is 0 Å². The summed E-state index contributed by atoms with van der Waals surface area (Å²) >= 11 is 0. The molecule has 0 bridgehead atoms. The Morgan fingerprint density at radius 1 is 1.35 bits per heavy atom. The van der Waals surface area contributed by atoms with Crippen LogP contribution in [-0.4, -0.2) is 38.1 Å². The Hall–Kier alpha value is -1.61. The van der Waals surface area contributed by atoms with Gasteiger partial charge in [0.25, 0.3) is 0 Å². The molecule has 3 heteroatoms. The molecule has 0 aliphatic heterocycles. The van der Waals surface area contributed by atoms with Crippen molar-refractivity contribution in [2.24, 2.45) is 0 Å². The van der Waals surface area contributed by atoms with Crippen LogP contribution in [0, 0.1) is 0 Å². The topological polar surface area (TPSA) is 29.5 Å². The molecule has 1 aromatic rings. The molecule has 0 N–H and O–H groups in total. The highest BCUT2D eigenvalue weighted by Gasteiger charge is 2.19. The van der Waals surface area contributed by atoms with Crippen molar-refractivity contribution in [2.75, 3.05) is 21.2 Å². The van der Waals surface area contributed by atoms with Crippen LogP contribution in [0.15, 0.2) is 36.4 Å². The molecule has 3 nitrogen and oxygen atoms in total. The van der Waals surface area contributed by atoms with Crippen LogP contribution in [0.25, 0.3) is 6.08 Å². The van der Waals surface area contributed by atoms with Crippen LogP contribution in [0.1, 0.15) is 12.0 Å². The van der Waals surface area contributed by atoms with Crippen molar-refractivity contribution >= 4 is 12.0 Å². The minimum absolute atomic E-state index is 0.201. The fourth-order valence-electron chi connectivity index (χ4n) is 1.55. The van der Waals surface area contributed by atoms with Crippen LogP contribution in [0.5, 0.6) is 0 Å². The third kappa shape index (κ3) is 4.41. The molecule has 0 aliphatic rings. The van der Waals surface area contributed by atoms with Gasteiger partial charge in [-0.25, -0.2) is 0 Å². The van der Waals surface area contributed by atoms with Crippen molar-refractivity contribution in [1.29, 1.82) is 0 Å². The summed E-state index contributed by atoms with van der Waals surface area (Å²) in [6.07, 6.45) is 4.66. The van der Waals surface area contributed by atoms with Crippen LogP contribution in [0.3, 0.4) is 0 Å². The van der Waals surface area contributed by atoms with Gasteiger partial charge in [-0.1, -0.05) is 42.5 Å². The molecule has 0 saturated heterocycles. The summed E-state index contributed by atoms with van der Waals surface area (Å²) in [7, 11) is 5.16. The number of hydrogen-bond donors (Lipinski definition) is 0. The predicted molar refractivity (Wildman–Crippen MR) is 69.6 cm³/mol. The van der Waals surface area contributed by atoms with Crippen LogP contribution in [0.2, 0.25) is 0 Å². The highest BCUT2D eigenvalue weighted by molar-refractivity contribution is 5.76. The van der Waals surface area contributed by atoms with Crippen molar-refractivity contribution in [2.45, 2.75) is 12.5 Å². The minimum atomic E-state index is -0.222. The summed E-state index contributed by atoms with van der Waals surface area (Å²) in [6.45, 7) is 0. The Balaban J connectivity index is 2.58. The number of methoxy groups -OCH3 is 1. The summed E-state index contributed by atoms with van der Waals surface area (Å²) in [5.41, 5.74) is 1.13. The van der Waals surface area contributed by atoms with E-state index in [9.17, 15) is 4.79 Å². The summed E-state index contributed by atoms with van der Waals surface area (Å²) in [6, 6.07) is 9.79. The van der Waals surface area contributed by atoms with Crippen LogP contribution in [0.4, 0.5) is 0 Å². The molecule has 1 rings (SSSR count). The Kier molecular flexibility index (Phi) is 5.43. The first kappa shape index (κ1) is 13.5. The Bertz CT molecular complexity index is 371. The van der Waals surface area contributed by atoms with Crippen LogP contribution in [-0.2, 0) is 9.53 Å². The zero-order valence-corrected chi connectivity index (χ0v) is 10.6. The second-order valence-electron chi connectivity index (χ2n) is 4.05. The second-order valence-corrected chi connectivity index (χ2v) is 4.05. The van der Waals surface area contributed by atoms with Gasteiger partial charge in [0.15, 0.2) is 0 Å². The molecular formula is C14H19NO2. The zero-order chi connectivity index (χ0) is 12.7. The molecule has 0 amide bonds. The van der Waals surface area contributed by atoms with Crippen LogP contribution >= 0.6 is 0 Å². The first-order valence-electron chi connectivity index (χ1n) is 5.61. The SMILES string of the molecule is COC(=O)C(C/C=C/c1ccccc1)N(C)C. The molecule has 17 heavy (non-hydrogen) atoms. The quantitative estimate of drug-likeness (QED) is 0.730. The third-order valence-corrected chi connectivity index (χ3v) is 2.57. The maximum absolute atomic E-state index is 11.5. The van der Waals surface area contributed by atoms with E-state index in [0.29, 0.717) is 6.42 Å². The van der Waals surface area contributed by atoms with E-state index >= 15 is 0 Å². The van der Waals surface area contributed by atoms with Gasteiger partial charge in [0.05, 0.1) is 7.11 Å². The average Bonchev–Trinajstić information content (AvgIpc) is 2.34. The van der Waals surface area contributed by atoms with E-state index in [2.05, 4.69) is 0 Å². The Labute approximate surface area is 103 Å². The monoisotopic (exact) mass is 233 g/mol. The zero-order valence-electron chi connectivity index (χ0n) is 10.6. The fourth-order valence-corrected chi connectivity index (χ4v) is 1.55. The van der Waals surface area contributed by atoms with E-state index in [4.69, 9.17) is 4.74 Å². The lowest BCUT2D eigenvalue weighted by molar-refractivity contribution is -0.145. The normalized spacial score (nSPS) is 12.9. The lowest BCUT2D eigenvalue weighted by Crippen LogP contribution is -2.36. The molecule has 0 aromatic heterocycles. The molecule has 0 aliphatic carbocycles. The van der Waals surface area contributed by atoms with Crippen molar-refractivity contribution in [3.63, 3.8) is 0 Å². The van der Waals surface area contributed by atoms with Crippen molar-refractivity contribution in [3.05, 3.63) is 42.0 Å². The minimum Gasteiger partial charge on any atom is -0.468 e. The maximum Gasteiger partial charge on any atom is 0.323 e. The second kappa shape index (κ2) is 6.86. The van der Waals surface area contributed by atoms with Gasteiger partial charge in [-0.3, -0.25) is 9.69 Å². The first-order valence-corrected chi connectivity index (χ1v) is 5.61. The molecular weight excluding hydrogens is 214 g/mol. The number of carbonyl (C=O) groups excluding carboxylic acids is 1. The van der Waals surface area contributed by atoms with E-state index in [1.165, 1.54) is 7.11 Å². The number of ether oxygens (including phenoxy) is 1. The number of carbonyl (C=O) groups is 1. The number of hydrogen-bond acceptors (Lipinski definition) is 3. The fraction of sp³-hybridized carbons (Fsp3) is 0.357. The molecule has 0 heterocycles. The van der Waals surface area contributed by atoms with E-state index in [0.717, 1.165) is 5.56 Å². The summed E-state index contributed by atoms with van der Waals surface area (Å²) < 4.78 is 4.76. The Morgan fingerprint density at radius 2 is 2.00 bits per heavy atom. The van der Waals surface area contributed by atoms with Crippen molar-refractivity contribution in [1.82, 2.24) is 4.90 Å². The summed E-state index contributed by atoms with van der Waals surface area (Å²) in [4.78, 5) is 13.4. The van der Waals surface area contributed by atoms with Crippen molar-refractivity contribution < 1.29 is 9.53 Å². The lowest BCUT2D eigenvalue weighted by atomic mass is 10.1. The predicted octanol–water partition coefficient (Wildman–Crippen LogP) is 2.19. The number of rotatable bonds is 5. The smallest absolute Gasteiger partial charge is 0.323 e. The van der Waals surface area contributed by atoms with Gasteiger partial charge in [-0.15, -0.1) is 0 Å². The van der Waals surface area contributed by atoms with Gasteiger partial charge >= 0.3 is 5.97 Å². The van der Waals surface area contributed by atoms with E-state index in [1.807, 2.05) is 61.5 Å². The highest BCUT2D eigenvalue weighted by atomic mass is 16.5. The molecule has 0 fully saturated rings. The number of nitrogens with zero attached hydrogens (tertiary/aromatic N) is 1. The first-order chi connectivity index (χ1) is 8.15. The molecule has 0 radical (unpaired) electrons. The number of esters is 1. The largest absolute Gasteiger partial charge is 0.468 e. The molecule has 0 spiro atoms. The van der Waals surface area contributed by atoms with E-state index in [-0.39, 0.29) is 12.0 Å². The average molecular weight is 233 g/mol. The van der Waals surface area contributed by atoms with Gasteiger partial charge in [0.2, 0.25) is 0 Å². The van der Waals surface area contributed by atoms with E-state index in [1.54, 1.807) is 0 Å². The number of benzene rings is 1. The Morgan fingerprint density at radius 3 is 2.53 bits per heavy atom. The van der Waals surface area contributed by atoms with Crippen molar-refractivity contribution in [3.8, 4) is 0 Å². The van der Waals surface area contributed by atoms with E-state index < -0.39 is 0 Å². The maximum atomic E-state index is 11.5. The molecule has 1 aromatic carbocycles. The molecule has 0 saturated carbocycles. The van der Waals surface area contributed by atoms with Gasteiger partial charge in [-0.2, -0.15) is 0 Å². The van der Waals surface area contributed by atoms with Gasteiger partial charge in [-0.05, 0) is 26.1 Å². The summed E-state index contributed by atoms with van der Waals surface area (Å²) in [5, 5.41) is 0. The summed E-state index contributed by atoms with van der Waals surface area (Å²) in [5.74, 6) is -0.201. The van der Waals surface area contributed by atoms with Gasteiger partial charge < -0.3 is 4.74 Å². The lowest BCUT2D eigenvalue weighted by Gasteiger charge is -2.19.